The molecule has 0 amide bonds. The largest absolute Gasteiger partial charge is 0.376 e. The first-order valence-corrected chi connectivity index (χ1v) is 7.83. The van der Waals surface area contributed by atoms with Crippen molar-refractivity contribution >= 4 is 22.8 Å². The highest BCUT2D eigenvalue weighted by atomic mass is 35.5. The minimum atomic E-state index is 0.316. The van der Waals surface area contributed by atoms with Gasteiger partial charge in [-0.05, 0) is 43.7 Å². The Kier molecular flexibility index (Phi) is 2.97. The van der Waals surface area contributed by atoms with E-state index >= 15 is 0 Å². The SMILES string of the molecule is Cc1ccnc2c1nc(CCl)n2C1CCOC1C1CC1. The number of fused-ring (bicyclic) bond motifs is 1. The van der Waals surface area contributed by atoms with Gasteiger partial charge in [0, 0.05) is 12.8 Å². The molecule has 2 aliphatic rings. The van der Waals surface area contributed by atoms with E-state index in [-0.39, 0.29) is 0 Å². The number of ether oxygens (including phenoxy) is 1. The van der Waals surface area contributed by atoms with Crippen LogP contribution >= 0.6 is 11.6 Å². The fourth-order valence-corrected chi connectivity index (χ4v) is 3.54. The van der Waals surface area contributed by atoms with Crippen molar-refractivity contribution in [2.45, 2.75) is 44.2 Å². The smallest absolute Gasteiger partial charge is 0.160 e. The van der Waals surface area contributed by atoms with Crippen LogP contribution in [0.3, 0.4) is 0 Å². The van der Waals surface area contributed by atoms with E-state index in [0.29, 0.717) is 23.9 Å². The zero-order chi connectivity index (χ0) is 13.7. The van der Waals surface area contributed by atoms with Crippen LogP contribution in [0.15, 0.2) is 12.3 Å². The molecule has 5 heteroatoms. The highest BCUT2D eigenvalue weighted by molar-refractivity contribution is 6.16. The van der Waals surface area contributed by atoms with Crippen molar-refractivity contribution < 1.29 is 4.74 Å². The lowest BCUT2D eigenvalue weighted by molar-refractivity contribution is 0.0753. The summed E-state index contributed by atoms with van der Waals surface area (Å²) in [5.41, 5.74) is 3.09. The van der Waals surface area contributed by atoms with E-state index in [1.165, 1.54) is 12.8 Å². The second-order valence-electron chi connectivity index (χ2n) is 5.86. The third-order valence-corrected chi connectivity index (χ3v) is 4.73. The second kappa shape index (κ2) is 4.71. The Morgan fingerprint density at radius 2 is 2.25 bits per heavy atom. The first-order chi connectivity index (χ1) is 9.79. The number of aromatic nitrogens is 3. The Hall–Kier alpha value is -1.13. The fourth-order valence-electron chi connectivity index (χ4n) is 3.35. The predicted molar refractivity (Wildman–Crippen MR) is 77.9 cm³/mol. The molecule has 0 N–H and O–H groups in total. The molecule has 2 aromatic rings. The standard InChI is InChI=1S/C15H18ClN3O/c1-9-4-6-17-15-13(9)18-12(8-16)19(15)11-5-7-20-14(11)10-2-3-10/h4,6,10-11,14H,2-3,5,7-8H2,1H3. The van der Waals surface area contributed by atoms with Gasteiger partial charge >= 0.3 is 0 Å². The molecule has 106 valence electrons. The van der Waals surface area contributed by atoms with Gasteiger partial charge in [0.15, 0.2) is 5.65 Å². The summed E-state index contributed by atoms with van der Waals surface area (Å²) in [4.78, 5) is 9.26. The number of rotatable bonds is 3. The highest BCUT2D eigenvalue weighted by Crippen LogP contribution is 2.44. The molecule has 1 saturated carbocycles. The van der Waals surface area contributed by atoms with Crippen LogP contribution in [-0.4, -0.2) is 27.2 Å². The molecule has 2 fully saturated rings. The molecule has 20 heavy (non-hydrogen) atoms. The van der Waals surface area contributed by atoms with Gasteiger partial charge in [-0.2, -0.15) is 0 Å². The van der Waals surface area contributed by atoms with Crippen molar-refractivity contribution in [2.24, 2.45) is 5.92 Å². The molecule has 0 radical (unpaired) electrons. The number of hydrogen-bond acceptors (Lipinski definition) is 3. The maximum Gasteiger partial charge on any atom is 0.160 e. The minimum absolute atomic E-state index is 0.316. The summed E-state index contributed by atoms with van der Waals surface area (Å²) in [6.07, 6.45) is 5.78. The predicted octanol–water partition coefficient (Wildman–Crippen LogP) is 3.22. The van der Waals surface area contributed by atoms with E-state index in [0.717, 1.165) is 35.6 Å². The summed E-state index contributed by atoms with van der Waals surface area (Å²) in [6.45, 7) is 2.90. The van der Waals surface area contributed by atoms with Crippen LogP contribution in [0.1, 0.15) is 36.7 Å². The van der Waals surface area contributed by atoms with Gasteiger partial charge in [-0.25, -0.2) is 9.97 Å². The number of hydrogen-bond donors (Lipinski definition) is 0. The molecule has 1 saturated heterocycles. The molecule has 0 spiro atoms. The Bertz CT molecular complexity index is 650. The van der Waals surface area contributed by atoms with Crippen molar-refractivity contribution in [3.8, 4) is 0 Å². The first kappa shape index (κ1) is 12.6. The third-order valence-electron chi connectivity index (χ3n) is 4.49. The molecule has 0 bridgehead atoms. The van der Waals surface area contributed by atoms with Crippen molar-refractivity contribution in [3.63, 3.8) is 0 Å². The second-order valence-corrected chi connectivity index (χ2v) is 6.13. The van der Waals surface area contributed by atoms with Gasteiger partial charge in [0.1, 0.15) is 11.3 Å². The van der Waals surface area contributed by atoms with E-state index < -0.39 is 0 Å². The summed E-state index contributed by atoms with van der Waals surface area (Å²) in [5.74, 6) is 2.06. The summed E-state index contributed by atoms with van der Waals surface area (Å²) in [7, 11) is 0. The zero-order valence-electron chi connectivity index (χ0n) is 11.6. The molecule has 2 aromatic heterocycles. The summed E-state index contributed by atoms with van der Waals surface area (Å²) >= 11 is 6.13. The average molecular weight is 292 g/mol. The van der Waals surface area contributed by atoms with E-state index in [2.05, 4.69) is 16.5 Å². The van der Waals surface area contributed by atoms with Crippen LogP contribution < -0.4 is 0 Å². The van der Waals surface area contributed by atoms with Crippen LogP contribution in [0.5, 0.6) is 0 Å². The number of nitrogens with zero attached hydrogens (tertiary/aromatic N) is 3. The summed E-state index contributed by atoms with van der Waals surface area (Å²) in [5, 5.41) is 0. The topological polar surface area (TPSA) is 39.9 Å². The lowest BCUT2D eigenvalue weighted by Crippen LogP contribution is -2.23. The quantitative estimate of drug-likeness (QED) is 0.815. The Morgan fingerprint density at radius 3 is 3.00 bits per heavy atom. The van der Waals surface area contributed by atoms with Crippen LogP contribution in [-0.2, 0) is 10.6 Å². The number of imidazole rings is 1. The zero-order valence-corrected chi connectivity index (χ0v) is 12.3. The van der Waals surface area contributed by atoms with Gasteiger partial charge in [-0.15, -0.1) is 11.6 Å². The maximum atomic E-state index is 6.13. The normalized spacial score (nSPS) is 26.5. The number of halogens is 1. The van der Waals surface area contributed by atoms with E-state index in [1.54, 1.807) is 0 Å². The van der Waals surface area contributed by atoms with E-state index in [4.69, 9.17) is 21.3 Å². The highest BCUT2D eigenvalue weighted by Gasteiger charge is 2.42. The van der Waals surface area contributed by atoms with Crippen molar-refractivity contribution in [1.82, 2.24) is 14.5 Å². The van der Waals surface area contributed by atoms with Crippen LogP contribution in [0.25, 0.3) is 11.2 Å². The summed E-state index contributed by atoms with van der Waals surface area (Å²) in [6, 6.07) is 2.34. The lowest BCUT2D eigenvalue weighted by atomic mass is 10.1. The summed E-state index contributed by atoms with van der Waals surface area (Å²) < 4.78 is 8.21. The van der Waals surface area contributed by atoms with Crippen molar-refractivity contribution in [1.29, 1.82) is 0 Å². The first-order valence-electron chi connectivity index (χ1n) is 7.29. The number of aryl methyl sites for hydroxylation is 1. The molecule has 2 atom stereocenters. The average Bonchev–Trinajstić information content (AvgIpc) is 3.06. The van der Waals surface area contributed by atoms with Crippen molar-refractivity contribution in [3.05, 3.63) is 23.7 Å². The van der Waals surface area contributed by atoms with Crippen LogP contribution in [0, 0.1) is 12.8 Å². The molecule has 0 aromatic carbocycles. The molecular weight excluding hydrogens is 274 g/mol. The third kappa shape index (κ3) is 1.85. The van der Waals surface area contributed by atoms with Gasteiger partial charge in [-0.1, -0.05) is 0 Å². The fraction of sp³-hybridized carbons (Fsp3) is 0.600. The van der Waals surface area contributed by atoms with Gasteiger partial charge in [-0.3, -0.25) is 0 Å². The Labute approximate surface area is 123 Å². The van der Waals surface area contributed by atoms with E-state index in [1.807, 2.05) is 12.3 Å². The van der Waals surface area contributed by atoms with Gasteiger partial charge in [0.05, 0.1) is 18.0 Å². The monoisotopic (exact) mass is 291 g/mol. The van der Waals surface area contributed by atoms with E-state index in [9.17, 15) is 0 Å². The maximum absolute atomic E-state index is 6.13. The Morgan fingerprint density at radius 1 is 1.40 bits per heavy atom. The van der Waals surface area contributed by atoms with Crippen LogP contribution in [0.2, 0.25) is 0 Å². The van der Waals surface area contributed by atoms with Gasteiger partial charge < -0.3 is 9.30 Å². The molecule has 4 nitrogen and oxygen atoms in total. The molecule has 1 aliphatic heterocycles. The van der Waals surface area contributed by atoms with Crippen molar-refractivity contribution in [2.75, 3.05) is 6.61 Å². The molecule has 3 heterocycles. The molecule has 1 aliphatic carbocycles. The number of pyridine rings is 1. The minimum Gasteiger partial charge on any atom is -0.376 e. The molecular formula is C15H18ClN3O. The van der Waals surface area contributed by atoms with Crippen LogP contribution in [0.4, 0.5) is 0 Å². The molecule has 4 rings (SSSR count). The van der Waals surface area contributed by atoms with Gasteiger partial charge in [0.2, 0.25) is 0 Å². The molecule has 2 unspecified atom stereocenters. The number of alkyl halides is 1. The lowest BCUT2D eigenvalue weighted by Gasteiger charge is -2.21. The Balaban J connectivity index is 1.87. The van der Waals surface area contributed by atoms with Gasteiger partial charge in [0.25, 0.3) is 0 Å².